The molecule has 0 fully saturated rings. The maximum atomic E-state index is 11.2. The molecule has 1 aromatic rings. The van der Waals surface area contributed by atoms with E-state index in [2.05, 4.69) is 10.6 Å². The summed E-state index contributed by atoms with van der Waals surface area (Å²) in [5, 5.41) is 4.50. The molecule has 0 heterocycles. The first-order valence-corrected chi connectivity index (χ1v) is 5.40. The van der Waals surface area contributed by atoms with Gasteiger partial charge < -0.3 is 5.32 Å². The van der Waals surface area contributed by atoms with Crippen LogP contribution in [0.25, 0.3) is 0 Å². The lowest BCUT2D eigenvalue weighted by Crippen LogP contribution is -2.38. The largest absolute Gasteiger partial charge is 0.341 e. The van der Waals surface area contributed by atoms with Crippen LogP contribution in [-0.4, -0.2) is 24.7 Å². The van der Waals surface area contributed by atoms with E-state index in [1.807, 2.05) is 30.3 Å². The number of carbonyl (C=O) groups excluding carboxylic acids is 2. The third-order valence-corrected chi connectivity index (χ3v) is 2.61. The molecule has 0 aliphatic rings. The molecule has 0 aliphatic heterocycles. The van der Waals surface area contributed by atoms with Gasteiger partial charge in [0.25, 0.3) is 0 Å². The summed E-state index contributed by atoms with van der Waals surface area (Å²) in [7, 11) is 1.47. The van der Waals surface area contributed by atoms with Gasteiger partial charge in [0.1, 0.15) is 0 Å². The zero-order chi connectivity index (χ0) is 11.1. The van der Waals surface area contributed by atoms with Gasteiger partial charge in [0.05, 0.1) is 5.75 Å². The predicted molar refractivity (Wildman–Crippen MR) is 59.8 cm³/mol. The Kier molecular flexibility index (Phi) is 4.70. The van der Waals surface area contributed by atoms with E-state index in [1.54, 1.807) is 0 Å². The summed E-state index contributed by atoms with van der Waals surface area (Å²) in [4.78, 5) is 23.0. The molecule has 1 rings (SSSR count). The van der Waals surface area contributed by atoms with E-state index in [9.17, 15) is 9.59 Å². The van der Waals surface area contributed by atoms with E-state index in [0.29, 0.717) is 0 Å². The molecule has 0 saturated heterocycles. The van der Waals surface area contributed by atoms with Crippen LogP contribution in [0.1, 0.15) is 0 Å². The molecule has 0 aliphatic carbocycles. The molecular formula is C10H12N2O2S. The SMILES string of the molecule is CNC(=O)NC(=O)CSc1ccccc1. The highest BCUT2D eigenvalue weighted by Crippen LogP contribution is 2.15. The van der Waals surface area contributed by atoms with Crippen molar-refractivity contribution in [3.05, 3.63) is 30.3 Å². The van der Waals surface area contributed by atoms with E-state index in [0.717, 1.165) is 4.90 Å². The molecule has 4 nitrogen and oxygen atoms in total. The van der Waals surface area contributed by atoms with Crippen molar-refractivity contribution in [2.75, 3.05) is 12.8 Å². The van der Waals surface area contributed by atoms with Gasteiger partial charge in [0, 0.05) is 11.9 Å². The first-order valence-electron chi connectivity index (χ1n) is 4.42. The van der Waals surface area contributed by atoms with Crippen LogP contribution in [0.5, 0.6) is 0 Å². The molecule has 2 N–H and O–H groups in total. The summed E-state index contributed by atoms with van der Waals surface area (Å²) in [5.41, 5.74) is 0. The van der Waals surface area contributed by atoms with Crippen molar-refractivity contribution < 1.29 is 9.59 Å². The smallest absolute Gasteiger partial charge is 0.321 e. The molecule has 80 valence electrons. The van der Waals surface area contributed by atoms with Crippen LogP contribution in [0.4, 0.5) is 4.79 Å². The first kappa shape index (κ1) is 11.6. The topological polar surface area (TPSA) is 58.2 Å². The Hall–Kier alpha value is -1.49. The molecule has 3 amide bonds. The number of nitrogens with one attached hydrogen (secondary N) is 2. The monoisotopic (exact) mass is 224 g/mol. The summed E-state index contributed by atoms with van der Waals surface area (Å²) in [6.07, 6.45) is 0. The average Bonchev–Trinajstić information content (AvgIpc) is 2.27. The lowest BCUT2D eigenvalue weighted by Gasteiger charge is -2.02. The fraction of sp³-hybridized carbons (Fsp3) is 0.200. The molecule has 0 bridgehead atoms. The Balaban J connectivity index is 2.32. The molecule has 5 heteroatoms. The van der Waals surface area contributed by atoms with E-state index in [-0.39, 0.29) is 11.7 Å². The lowest BCUT2D eigenvalue weighted by atomic mass is 10.4. The van der Waals surface area contributed by atoms with E-state index >= 15 is 0 Å². The number of thioether (sulfide) groups is 1. The zero-order valence-electron chi connectivity index (χ0n) is 8.32. The standard InChI is InChI=1S/C10H12N2O2S/c1-11-10(14)12-9(13)7-15-8-5-3-2-4-6-8/h2-6H,7H2,1H3,(H2,11,12,13,14). The van der Waals surface area contributed by atoms with Gasteiger partial charge in [-0.3, -0.25) is 10.1 Å². The van der Waals surface area contributed by atoms with Gasteiger partial charge >= 0.3 is 6.03 Å². The van der Waals surface area contributed by atoms with E-state index in [1.165, 1.54) is 18.8 Å². The van der Waals surface area contributed by atoms with Gasteiger partial charge in [0.15, 0.2) is 0 Å². The van der Waals surface area contributed by atoms with Crippen LogP contribution in [0.15, 0.2) is 35.2 Å². The number of carbonyl (C=O) groups is 2. The van der Waals surface area contributed by atoms with Gasteiger partial charge in [-0.1, -0.05) is 18.2 Å². The van der Waals surface area contributed by atoms with Crippen LogP contribution in [0.2, 0.25) is 0 Å². The van der Waals surface area contributed by atoms with Crippen LogP contribution >= 0.6 is 11.8 Å². The number of imide groups is 1. The minimum absolute atomic E-state index is 0.234. The van der Waals surface area contributed by atoms with Gasteiger partial charge in [0.2, 0.25) is 5.91 Å². The quantitative estimate of drug-likeness (QED) is 0.759. The molecule has 0 unspecified atom stereocenters. The number of urea groups is 1. The molecule has 0 aromatic heterocycles. The molecule has 0 spiro atoms. The summed E-state index contributed by atoms with van der Waals surface area (Å²) in [6, 6.07) is 9.07. The van der Waals surface area contributed by atoms with E-state index in [4.69, 9.17) is 0 Å². The predicted octanol–water partition coefficient (Wildman–Crippen LogP) is 1.23. The maximum absolute atomic E-state index is 11.2. The Morgan fingerprint density at radius 2 is 1.93 bits per heavy atom. The summed E-state index contributed by atoms with van der Waals surface area (Å²) in [5.74, 6) is -0.0690. The fourth-order valence-electron chi connectivity index (χ4n) is 0.891. The van der Waals surface area contributed by atoms with Crippen LogP contribution in [0.3, 0.4) is 0 Å². The molecule has 1 aromatic carbocycles. The number of benzene rings is 1. The second kappa shape index (κ2) is 6.08. The molecule has 0 saturated carbocycles. The van der Waals surface area contributed by atoms with Crippen molar-refractivity contribution in [2.24, 2.45) is 0 Å². The number of hydrogen-bond donors (Lipinski definition) is 2. The minimum Gasteiger partial charge on any atom is -0.341 e. The van der Waals surface area contributed by atoms with Crippen LogP contribution in [-0.2, 0) is 4.79 Å². The number of hydrogen-bond acceptors (Lipinski definition) is 3. The second-order valence-corrected chi connectivity index (χ2v) is 3.78. The van der Waals surface area contributed by atoms with Crippen molar-refractivity contribution >= 4 is 23.7 Å². The highest BCUT2D eigenvalue weighted by atomic mass is 32.2. The van der Waals surface area contributed by atoms with Gasteiger partial charge in [-0.15, -0.1) is 11.8 Å². The molecule has 15 heavy (non-hydrogen) atoms. The normalized spacial score (nSPS) is 9.40. The highest BCUT2D eigenvalue weighted by molar-refractivity contribution is 8.00. The third kappa shape index (κ3) is 4.51. The summed E-state index contributed by atoms with van der Waals surface area (Å²) < 4.78 is 0. The van der Waals surface area contributed by atoms with E-state index < -0.39 is 6.03 Å². The molecular weight excluding hydrogens is 212 g/mol. The molecule has 0 atom stereocenters. The Bertz CT molecular complexity index is 341. The van der Waals surface area contributed by atoms with Gasteiger partial charge in [-0.05, 0) is 12.1 Å². The van der Waals surface area contributed by atoms with Crippen LogP contribution < -0.4 is 10.6 Å². The second-order valence-electron chi connectivity index (χ2n) is 2.73. The third-order valence-electron chi connectivity index (χ3n) is 1.59. The van der Waals surface area contributed by atoms with Crippen molar-refractivity contribution in [2.45, 2.75) is 4.90 Å². The Morgan fingerprint density at radius 3 is 2.53 bits per heavy atom. The average molecular weight is 224 g/mol. The highest BCUT2D eigenvalue weighted by Gasteiger charge is 2.05. The van der Waals surface area contributed by atoms with Crippen molar-refractivity contribution in [1.82, 2.24) is 10.6 Å². The Labute approximate surface area is 92.4 Å². The molecule has 0 radical (unpaired) electrons. The maximum Gasteiger partial charge on any atom is 0.321 e. The van der Waals surface area contributed by atoms with Crippen molar-refractivity contribution in [3.63, 3.8) is 0 Å². The Morgan fingerprint density at radius 1 is 1.27 bits per heavy atom. The van der Waals surface area contributed by atoms with Crippen LogP contribution in [0, 0.1) is 0 Å². The minimum atomic E-state index is -0.478. The fourth-order valence-corrected chi connectivity index (χ4v) is 1.61. The van der Waals surface area contributed by atoms with Gasteiger partial charge in [-0.25, -0.2) is 4.79 Å². The summed E-state index contributed by atoms with van der Waals surface area (Å²) >= 11 is 1.39. The lowest BCUT2D eigenvalue weighted by molar-refractivity contribution is -0.117. The van der Waals surface area contributed by atoms with Gasteiger partial charge in [-0.2, -0.15) is 0 Å². The number of amides is 3. The first-order chi connectivity index (χ1) is 7.22. The van der Waals surface area contributed by atoms with Crippen molar-refractivity contribution in [1.29, 1.82) is 0 Å². The number of rotatable bonds is 3. The zero-order valence-corrected chi connectivity index (χ0v) is 9.14. The van der Waals surface area contributed by atoms with Crippen molar-refractivity contribution in [3.8, 4) is 0 Å². The summed E-state index contributed by atoms with van der Waals surface area (Å²) in [6.45, 7) is 0.